The van der Waals surface area contributed by atoms with Crippen LogP contribution < -0.4 is 10.6 Å². The zero-order valence-electron chi connectivity index (χ0n) is 14.2. The quantitative estimate of drug-likeness (QED) is 0.697. The van der Waals surface area contributed by atoms with Gasteiger partial charge in [-0.25, -0.2) is 4.39 Å². The molecule has 0 bridgehead atoms. The van der Waals surface area contributed by atoms with Gasteiger partial charge in [-0.3, -0.25) is 0 Å². The predicted octanol–water partition coefficient (Wildman–Crippen LogP) is 3.28. The van der Waals surface area contributed by atoms with E-state index in [2.05, 4.69) is 25.6 Å². The number of aliphatic hydroxyl groups excluding tert-OH is 1. The number of alkyl halides is 3. The monoisotopic (exact) mass is 363 g/mol. The van der Waals surface area contributed by atoms with E-state index in [9.17, 15) is 22.7 Å². The number of rotatable bonds is 5. The van der Waals surface area contributed by atoms with Crippen molar-refractivity contribution in [3.8, 4) is 0 Å². The van der Waals surface area contributed by atoms with Gasteiger partial charge in [0.2, 0.25) is 11.9 Å². The molecule has 0 saturated carbocycles. The number of nitrogens with one attached hydrogen (secondary N) is 2. The van der Waals surface area contributed by atoms with Gasteiger partial charge in [0, 0.05) is 11.6 Å². The molecule has 1 aromatic rings. The van der Waals surface area contributed by atoms with Crippen LogP contribution in [0.1, 0.15) is 45.9 Å². The summed E-state index contributed by atoms with van der Waals surface area (Å²) in [6.45, 7) is 4.54. The van der Waals surface area contributed by atoms with Gasteiger partial charge in [0.05, 0.1) is 0 Å². The Morgan fingerprint density at radius 3 is 2.24 bits per heavy atom. The molecular weight excluding hydrogens is 342 g/mol. The van der Waals surface area contributed by atoms with E-state index in [1.54, 1.807) is 13.8 Å². The topological polar surface area (TPSA) is 83.0 Å². The van der Waals surface area contributed by atoms with Gasteiger partial charge in [-0.15, -0.1) is 0 Å². The fourth-order valence-electron chi connectivity index (χ4n) is 2.31. The van der Waals surface area contributed by atoms with Gasteiger partial charge in [-0.05, 0) is 40.0 Å². The molecular formula is C15H21F4N5O. The summed E-state index contributed by atoms with van der Waals surface area (Å²) in [6.07, 6.45) is -4.61. The molecule has 1 heterocycles. The fraction of sp³-hybridized carbons (Fsp3) is 0.667. The SMILES string of the molecule is CC(C)Nc1nc(N[C@H](C)C(F)(F)F)nc(C2=C(F)C(O)CCC2)n1. The molecule has 1 aliphatic rings. The summed E-state index contributed by atoms with van der Waals surface area (Å²) in [5.41, 5.74) is 0.0932. The largest absolute Gasteiger partial charge is 0.408 e. The van der Waals surface area contributed by atoms with Crippen molar-refractivity contribution in [3.63, 3.8) is 0 Å². The van der Waals surface area contributed by atoms with Crippen molar-refractivity contribution in [1.29, 1.82) is 0 Å². The van der Waals surface area contributed by atoms with Gasteiger partial charge >= 0.3 is 6.18 Å². The Hall–Kier alpha value is -1.97. The Bertz CT molecular complexity index is 647. The molecule has 1 aliphatic carbocycles. The second kappa shape index (κ2) is 7.51. The third-order valence-corrected chi connectivity index (χ3v) is 3.64. The van der Waals surface area contributed by atoms with Gasteiger partial charge in [-0.2, -0.15) is 28.1 Å². The van der Waals surface area contributed by atoms with Gasteiger partial charge in [0.1, 0.15) is 18.0 Å². The first-order valence-corrected chi connectivity index (χ1v) is 8.00. The molecule has 0 saturated heterocycles. The zero-order chi connectivity index (χ0) is 18.8. The first kappa shape index (κ1) is 19.4. The molecule has 0 aromatic carbocycles. The van der Waals surface area contributed by atoms with Crippen LogP contribution in [0, 0.1) is 0 Å². The lowest BCUT2D eigenvalue weighted by molar-refractivity contribution is -0.138. The minimum absolute atomic E-state index is 0.0391. The molecule has 10 heteroatoms. The van der Waals surface area contributed by atoms with E-state index in [-0.39, 0.29) is 35.8 Å². The van der Waals surface area contributed by atoms with Gasteiger partial charge in [-0.1, -0.05) is 0 Å². The number of anilines is 2. The number of allylic oxidation sites excluding steroid dienone is 1. The first-order chi connectivity index (χ1) is 11.6. The predicted molar refractivity (Wildman–Crippen MR) is 85.6 cm³/mol. The number of hydrogen-bond donors (Lipinski definition) is 3. The molecule has 0 spiro atoms. The molecule has 3 N–H and O–H groups in total. The Morgan fingerprint density at radius 1 is 1.08 bits per heavy atom. The van der Waals surface area contributed by atoms with Crippen LogP contribution in [0.3, 0.4) is 0 Å². The maximum absolute atomic E-state index is 14.2. The molecule has 0 amide bonds. The highest BCUT2D eigenvalue weighted by Crippen LogP contribution is 2.32. The van der Waals surface area contributed by atoms with Crippen molar-refractivity contribution >= 4 is 17.5 Å². The van der Waals surface area contributed by atoms with Crippen molar-refractivity contribution < 1.29 is 22.7 Å². The number of aliphatic hydroxyl groups is 1. The highest BCUT2D eigenvalue weighted by molar-refractivity contribution is 5.65. The van der Waals surface area contributed by atoms with E-state index in [1.807, 2.05) is 0 Å². The summed E-state index contributed by atoms with van der Waals surface area (Å²) in [6, 6.07) is -1.97. The Labute approximate surface area is 142 Å². The van der Waals surface area contributed by atoms with Crippen LogP contribution in [0.4, 0.5) is 29.5 Å². The second-order valence-corrected chi connectivity index (χ2v) is 6.25. The van der Waals surface area contributed by atoms with E-state index >= 15 is 0 Å². The molecule has 2 atom stereocenters. The smallest absolute Gasteiger partial charge is 0.386 e. The van der Waals surface area contributed by atoms with Crippen molar-refractivity contribution in [1.82, 2.24) is 15.0 Å². The summed E-state index contributed by atoms with van der Waals surface area (Å²) in [4.78, 5) is 11.9. The fourth-order valence-corrected chi connectivity index (χ4v) is 2.31. The van der Waals surface area contributed by atoms with Crippen LogP contribution in [0.15, 0.2) is 5.83 Å². The highest BCUT2D eigenvalue weighted by atomic mass is 19.4. The summed E-state index contributed by atoms with van der Waals surface area (Å²) in [5, 5.41) is 14.7. The normalized spacial score (nSPS) is 20.0. The van der Waals surface area contributed by atoms with E-state index in [1.165, 1.54) is 0 Å². The maximum atomic E-state index is 14.2. The third kappa shape index (κ3) is 5.00. The minimum atomic E-state index is -4.48. The Morgan fingerprint density at radius 2 is 1.68 bits per heavy atom. The average molecular weight is 363 g/mol. The zero-order valence-corrected chi connectivity index (χ0v) is 14.2. The van der Waals surface area contributed by atoms with Gasteiger partial charge < -0.3 is 15.7 Å². The Kier molecular flexibility index (Phi) is 5.81. The standard InChI is InChI=1S/C15H21F4N5O/c1-7(2)20-13-22-12(9-5-4-6-10(25)11(9)16)23-14(24-13)21-8(3)15(17,18)19/h7-8,10,25H,4-6H2,1-3H3,(H2,20,21,22,23,24)/t8-,10?/m1/s1. The van der Waals surface area contributed by atoms with Gasteiger partial charge in [0.15, 0.2) is 5.82 Å². The second-order valence-electron chi connectivity index (χ2n) is 6.25. The van der Waals surface area contributed by atoms with Crippen LogP contribution in [0.25, 0.3) is 5.57 Å². The molecule has 2 rings (SSSR count). The summed E-state index contributed by atoms with van der Waals surface area (Å²) < 4.78 is 52.5. The number of halogens is 4. The van der Waals surface area contributed by atoms with Crippen molar-refractivity contribution in [2.24, 2.45) is 0 Å². The number of aromatic nitrogens is 3. The molecule has 0 fully saturated rings. The molecule has 1 unspecified atom stereocenters. The number of hydrogen-bond acceptors (Lipinski definition) is 6. The molecule has 0 aliphatic heterocycles. The van der Waals surface area contributed by atoms with Crippen LogP contribution in [0.5, 0.6) is 0 Å². The molecule has 0 radical (unpaired) electrons. The van der Waals surface area contributed by atoms with Crippen LogP contribution in [0.2, 0.25) is 0 Å². The molecule has 1 aromatic heterocycles. The van der Waals surface area contributed by atoms with Crippen molar-refractivity contribution in [2.45, 2.75) is 64.4 Å². The van der Waals surface area contributed by atoms with Crippen LogP contribution in [-0.2, 0) is 0 Å². The van der Waals surface area contributed by atoms with Crippen molar-refractivity contribution in [3.05, 3.63) is 11.7 Å². The lowest BCUT2D eigenvalue weighted by Crippen LogP contribution is -2.34. The van der Waals surface area contributed by atoms with E-state index in [4.69, 9.17) is 0 Å². The van der Waals surface area contributed by atoms with E-state index in [0.717, 1.165) is 6.92 Å². The van der Waals surface area contributed by atoms with Crippen LogP contribution >= 0.6 is 0 Å². The average Bonchev–Trinajstić information content (AvgIpc) is 2.48. The summed E-state index contributed by atoms with van der Waals surface area (Å²) in [5.74, 6) is -1.09. The van der Waals surface area contributed by atoms with E-state index in [0.29, 0.717) is 12.8 Å². The van der Waals surface area contributed by atoms with Crippen LogP contribution in [-0.4, -0.2) is 44.4 Å². The molecule has 140 valence electrons. The van der Waals surface area contributed by atoms with E-state index < -0.39 is 24.1 Å². The lowest BCUT2D eigenvalue weighted by Gasteiger charge is -2.21. The van der Waals surface area contributed by atoms with Gasteiger partial charge in [0.25, 0.3) is 0 Å². The minimum Gasteiger partial charge on any atom is -0.386 e. The third-order valence-electron chi connectivity index (χ3n) is 3.64. The first-order valence-electron chi connectivity index (χ1n) is 8.00. The summed E-state index contributed by atoms with van der Waals surface area (Å²) in [7, 11) is 0. The molecule has 25 heavy (non-hydrogen) atoms. The maximum Gasteiger partial charge on any atom is 0.408 e. The lowest BCUT2D eigenvalue weighted by atomic mass is 9.96. The number of nitrogens with zero attached hydrogens (tertiary/aromatic N) is 3. The van der Waals surface area contributed by atoms with Crippen molar-refractivity contribution in [2.75, 3.05) is 10.6 Å². The Balaban J connectivity index is 2.42. The highest BCUT2D eigenvalue weighted by Gasteiger charge is 2.36. The molecule has 6 nitrogen and oxygen atoms in total. The summed E-state index contributed by atoms with van der Waals surface area (Å²) >= 11 is 0.